The number of thiazole rings is 1. The van der Waals surface area contributed by atoms with Crippen molar-refractivity contribution in [2.24, 2.45) is 0 Å². The minimum Gasteiger partial charge on any atom is -0.493 e. The Balaban J connectivity index is 2.21. The van der Waals surface area contributed by atoms with Gasteiger partial charge in [-0.15, -0.1) is 11.3 Å². The normalized spacial score (nSPS) is 10.6. The highest BCUT2D eigenvalue weighted by atomic mass is 32.1. The molecular weight excluding hydrogens is 336 g/mol. The lowest BCUT2D eigenvalue weighted by atomic mass is 10.1. The van der Waals surface area contributed by atoms with Gasteiger partial charge in [-0.3, -0.25) is 4.98 Å². The molecule has 6 heteroatoms. The second-order valence-electron chi connectivity index (χ2n) is 5.29. The van der Waals surface area contributed by atoms with Crippen molar-refractivity contribution in [2.45, 2.75) is 13.3 Å². The Morgan fingerprint density at radius 2 is 1.72 bits per heavy atom. The van der Waals surface area contributed by atoms with Crippen LogP contribution in [-0.4, -0.2) is 31.3 Å². The summed E-state index contributed by atoms with van der Waals surface area (Å²) in [6.45, 7) is 2.10. The van der Waals surface area contributed by atoms with Crippen LogP contribution < -0.4 is 14.2 Å². The fraction of sp³-hybridized carbons (Fsp3) is 0.263. The first-order valence-electron chi connectivity index (χ1n) is 7.92. The van der Waals surface area contributed by atoms with Crippen LogP contribution in [0.25, 0.3) is 21.7 Å². The van der Waals surface area contributed by atoms with Crippen LogP contribution in [-0.2, 0) is 6.42 Å². The minimum absolute atomic E-state index is 0.580. The average Bonchev–Trinajstić information content (AvgIpc) is 3.12. The standard InChI is InChI=1S/C19H20N2O3S/c1-5-16-21-17(12-7-6-8-20-11-12)19(25-16)13-9-14(22-2)18(24-4)15(10-13)23-3/h6-11H,5H2,1-4H3. The Bertz CT molecular complexity index is 837. The molecule has 0 amide bonds. The minimum atomic E-state index is 0.580. The van der Waals surface area contributed by atoms with Crippen LogP contribution in [0, 0.1) is 0 Å². The summed E-state index contributed by atoms with van der Waals surface area (Å²) in [6.07, 6.45) is 4.47. The molecule has 25 heavy (non-hydrogen) atoms. The number of hydrogen-bond donors (Lipinski definition) is 0. The molecule has 0 N–H and O–H groups in total. The maximum atomic E-state index is 5.49. The predicted octanol–water partition coefficient (Wildman–Crippen LogP) is 4.46. The lowest BCUT2D eigenvalue weighted by molar-refractivity contribution is 0.324. The molecule has 0 aliphatic carbocycles. The van der Waals surface area contributed by atoms with Crippen molar-refractivity contribution in [3.63, 3.8) is 0 Å². The number of aromatic nitrogens is 2. The van der Waals surface area contributed by atoms with Crippen molar-refractivity contribution in [1.29, 1.82) is 0 Å². The molecule has 2 heterocycles. The first kappa shape index (κ1) is 17.2. The molecule has 0 bridgehead atoms. The zero-order chi connectivity index (χ0) is 17.8. The number of pyridine rings is 1. The number of benzene rings is 1. The first-order chi connectivity index (χ1) is 12.2. The third kappa shape index (κ3) is 3.30. The number of aryl methyl sites for hydroxylation is 1. The monoisotopic (exact) mass is 356 g/mol. The predicted molar refractivity (Wildman–Crippen MR) is 99.8 cm³/mol. The van der Waals surface area contributed by atoms with Gasteiger partial charge < -0.3 is 14.2 Å². The maximum absolute atomic E-state index is 5.49. The van der Waals surface area contributed by atoms with Crippen LogP contribution >= 0.6 is 11.3 Å². The summed E-state index contributed by atoms with van der Waals surface area (Å²) in [7, 11) is 4.84. The fourth-order valence-electron chi connectivity index (χ4n) is 2.62. The highest BCUT2D eigenvalue weighted by molar-refractivity contribution is 7.15. The Labute approximate surface area is 151 Å². The molecule has 0 spiro atoms. The van der Waals surface area contributed by atoms with E-state index in [-0.39, 0.29) is 0 Å². The summed E-state index contributed by atoms with van der Waals surface area (Å²) < 4.78 is 16.4. The van der Waals surface area contributed by atoms with E-state index in [1.165, 1.54) is 0 Å². The van der Waals surface area contributed by atoms with Gasteiger partial charge in [0.2, 0.25) is 5.75 Å². The van der Waals surface area contributed by atoms with Gasteiger partial charge >= 0.3 is 0 Å². The van der Waals surface area contributed by atoms with E-state index in [1.54, 1.807) is 38.9 Å². The van der Waals surface area contributed by atoms with Crippen molar-refractivity contribution in [3.05, 3.63) is 41.7 Å². The third-order valence-corrected chi connectivity index (χ3v) is 5.08. The third-order valence-electron chi connectivity index (χ3n) is 3.84. The van der Waals surface area contributed by atoms with E-state index in [0.717, 1.165) is 33.1 Å². The highest BCUT2D eigenvalue weighted by Crippen LogP contribution is 2.45. The summed E-state index contributed by atoms with van der Waals surface area (Å²) in [4.78, 5) is 10.1. The molecular formula is C19H20N2O3S. The summed E-state index contributed by atoms with van der Waals surface area (Å²) in [5.74, 6) is 1.83. The molecule has 0 aliphatic heterocycles. The summed E-state index contributed by atoms with van der Waals surface area (Å²) in [5.41, 5.74) is 2.89. The Morgan fingerprint density at radius 1 is 1.00 bits per heavy atom. The smallest absolute Gasteiger partial charge is 0.203 e. The van der Waals surface area contributed by atoms with Crippen molar-refractivity contribution < 1.29 is 14.2 Å². The molecule has 0 saturated heterocycles. The van der Waals surface area contributed by atoms with Crippen LogP contribution in [0.15, 0.2) is 36.7 Å². The lowest BCUT2D eigenvalue weighted by Gasteiger charge is -2.14. The second kappa shape index (κ2) is 7.53. The molecule has 0 aliphatic rings. The number of nitrogens with zero attached hydrogens (tertiary/aromatic N) is 2. The molecule has 0 saturated carbocycles. The van der Waals surface area contributed by atoms with E-state index >= 15 is 0 Å². The van der Waals surface area contributed by atoms with Crippen LogP contribution in [0.4, 0.5) is 0 Å². The van der Waals surface area contributed by atoms with Crippen molar-refractivity contribution in [1.82, 2.24) is 9.97 Å². The second-order valence-corrected chi connectivity index (χ2v) is 6.38. The van der Waals surface area contributed by atoms with E-state index in [9.17, 15) is 0 Å². The largest absolute Gasteiger partial charge is 0.493 e. The van der Waals surface area contributed by atoms with Gasteiger partial charge in [-0.25, -0.2) is 4.98 Å². The van der Waals surface area contributed by atoms with Crippen molar-refractivity contribution in [2.75, 3.05) is 21.3 Å². The van der Waals surface area contributed by atoms with Crippen molar-refractivity contribution >= 4 is 11.3 Å². The number of hydrogen-bond acceptors (Lipinski definition) is 6. The molecule has 0 atom stereocenters. The zero-order valence-electron chi connectivity index (χ0n) is 14.7. The van der Waals surface area contributed by atoms with Gasteiger partial charge in [-0.05, 0) is 30.7 Å². The van der Waals surface area contributed by atoms with E-state index in [1.807, 2.05) is 30.5 Å². The van der Waals surface area contributed by atoms with Gasteiger partial charge in [0.05, 0.1) is 36.9 Å². The highest BCUT2D eigenvalue weighted by Gasteiger charge is 2.19. The van der Waals surface area contributed by atoms with Crippen LogP contribution in [0.3, 0.4) is 0 Å². The molecule has 3 rings (SSSR count). The molecule has 0 fully saturated rings. The van der Waals surface area contributed by atoms with Gasteiger partial charge in [0, 0.05) is 23.5 Å². The van der Waals surface area contributed by atoms with Gasteiger partial charge in [0.25, 0.3) is 0 Å². The molecule has 2 aromatic heterocycles. The van der Waals surface area contributed by atoms with E-state index in [0.29, 0.717) is 17.2 Å². The molecule has 1 aromatic carbocycles. The Hall–Kier alpha value is -2.60. The molecule has 130 valence electrons. The maximum Gasteiger partial charge on any atom is 0.203 e. The van der Waals surface area contributed by atoms with E-state index in [2.05, 4.69) is 11.9 Å². The Morgan fingerprint density at radius 3 is 2.24 bits per heavy atom. The SMILES string of the molecule is CCc1nc(-c2cccnc2)c(-c2cc(OC)c(OC)c(OC)c2)s1. The molecule has 0 unspecified atom stereocenters. The quantitative estimate of drug-likeness (QED) is 0.653. The van der Waals surface area contributed by atoms with Gasteiger partial charge in [-0.2, -0.15) is 0 Å². The van der Waals surface area contributed by atoms with Crippen molar-refractivity contribution in [3.8, 4) is 38.9 Å². The number of methoxy groups -OCH3 is 3. The fourth-order valence-corrected chi connectivity index (χ4v) is 3.63. The molecule has 0 radical (unpaired) electrons. The van der Waals surface area contributed by atoms with Gasteiger partial charge in [-0.1, -0.05) is 6.92 Å². The first-order valence-corrected chi connectivity index (χ1v) is 8.73. The summed E-state index contributed by atoms with van der Waals surface area (Å²) in [6, 6.07) is 7.84. The van der Waals surface area contributed by atoms with Crippen LogP contribution in [0.2, 0.25) is 0 Å². The Kier molecular flexibility index (Phi) is 5.19. The number of ether oxygens (including phenoxy) is 3. The van der Waals surface area contributed by atoms with Crippen LogP contribution in [0.5, 0.6) is 17.2 Å². The van der Waals surface area contributed by atoms with E-state index < -0.39 is 0 Å². The average molecular weight is 356 g/mol. The lowest BCUT2D eigenvalue weighted by Crippen LogP contribution is -1.95. The zero-order valence-corrected chi connectivity index (χ0v) is 15.5. The molecule has 5 nitrogen and oxygen atoms in total. The topological polar surface area (TPSA) is 53.5 Å². The van der Waals surface area contributed by atoms with Gasteiger partial charge in [0.15, 0.2) is 11.5 Å². The van der Waals surface area contributed by atoms with Gasteiger partial charge in [0.1, 0.15) is 0 Å². The summed E-state index contributed by atoms with van der Waals surface area (Å²) >= 11 is 1.67. The summed E-state index contributed by atoms with van der Waals surface area (Å²) in [5, 5.41) is 1.07. The van der Waals surface area contributed by atoms with E-state index in [4.69, 9.17) is 19.2 Å². The number of rotatable bonds is 6. The van der Waals surface area contributed by atoms with Crippen LogP contribution in [0.1, 0.15) is 11.9 Å². The molecule has 3 aromatic rings.